The average molecular weight is 461 g/mol. The Morgan fingerprint density at radius 2 is 1.58 bits per heavy atom. The molecular formula is C25H33FN2O5. The van der Waals surface area contributed by atoms with Crippen molar-refractivity contribution >= 4 is 11.8 Å². The minimum atomic E-state index is -0.690. The molecule has 7 nitrogen and oxygen atoms in total. The lowest BCUT2D eigenvalue weighted by Crippen LogP contribution is -2.50. The van der Waals surface area contributed by atoms with Crippen molar-refractivity contribution in [2.75, 3.05) is 27.4 Å². The first-order chi connectivity index (χ1) is 15.8. The molecule has 0 bridgehead atoms. The lowest BCUT2D eigenvalue weighted by atomic mass is 10.1. The predicted octanol–water partition coefficient (Wildman–Crippen LogP) is 3.80. The molecule has 0 saturated heterocycles. The molecule has 1 atom stereocenters. The lowest BCUT2D eigenvalue weighted by molar-refractivity contribution is -0.143. The van der Waals surface area contributed by atoms with Crippen LogP contribution in [0.1, 0.15) is 32.8 Å². The highest BCUT2D eigenvalue weighted by Crippen LogP contribution is 2.27. The zero-order valence-corrected chi connectivity index (χ0v) is 19.9. The summed E-state index contributed by atoms with van der Waals surface area (Å²) in [6, 6.07) is 10.2. The highest BCUT2D eigenvalue weighted by Gasteiger charge is 2.29. The molecule has 2 amide bonds. The minimum Gasteiger partial charge on any atom is -0.496 e. The van der Waals surface area contributed by atoms with Crippen LogP contribution in [0.15, 0.2) is 42.5 Å². The fourth-order valence-corrected chi connectivity index (χ4v) is 3.22. The second kappa shape index (κ2) is 12.7. The second-order valence-corrected chi connectivity index (χ2v) is 8.05. The summed E-state index contributed by atoms with van der Waals surface area (Å²) in [6.45, 7) is 6.22. The largest absolute Gasteiger partial charge is 0.496 e. The monoisotopic (exact) mass is 460 g/mol. The van der Waals surface area contributed by atoms with Crippen LogP contribution in [-0.4, -0.2) is 50.1 Å². The Kier molecular flexibility index (Phi) is 9.97. The summed E-state index contributed by atoms with van der Waals surface area (Å²) in [5, 5.41) is 2.90. The van der Waals surface area contributed by atoms with E-state index >= 15 is 0 Å². The van der Waals surface area contributed by atoms with Crippen LogP contribution in [0.5, 0.6) is 17.2 Å². The van der Waals surface area contributed by atoms with Crippen molar-refractivity contribution in [2.45, 2.75) is 39.8 Å². The fraction of sp³-hybridized carbons (Fsp3) is 0.440. The number of amides is 2. The molecule has 2 aromatic carbocycles. The number of nitrogens with one attached hydrogen (secondary N) is 1. The summed E-state index contributed by atoms with van der Waals surface area (Å²) < 4.78 is 29.5. The molecule has 1 unspecified atom stereocenters. The van der Waals surface area contributed by atoms with Gasteiger partial charge in [0.2, 0.25) is 5.91 Å². The number of methoxy groups -OCH3 is 2. The maximum absolute atomic E-state index is 13.4. The number of benzene rings is 2. The van der Waals surface area contributed by atoms with E-state index in [0.717, 1.165) is 0 Å². The summed E-state index contributed by atoms with van der Waals surface area (Å²) in [6.07, 6.45) is 0.420. The molecule has 0 aromatic heterocycles. The molecule has 2 rings (SSSR count). The van der Waals surface area contributed by atoms with Gasteiger partial charge < -0.3 is 24.4 Å². The third-order valence-corrected chi connectivity index (χ3v) is 5.02. The standard InChI is InChI=1S/C25H33FN2O5/c1-6-23(25(30)27-14-17(2)3)28(15-18-7-9-19(26)10-8-18)24(29)16-33-22-12-20(31-4)11-21(13-22)32-5/h7-13,17,23H,6,14-16H2,1-5H3,(H,27,30). The van der Waals surface area contributed by atoms with Gasteiger partial charge in [-0.25, -0.2) is 4.39 Å². The molecule has 0 saturated carbocycles. The molecule has 0 aliphatic carbocycles. The summed E-state index contributed by atoms with van der Waals surface area (Å²) in [7, 11) is 3.05. The Bertz CT molecular complexity index is 895. The molecular weight excluding hydrogens is 427 g/mol. The number of nitrogens with zero attached hydrogens (tertiary/aromatic N) is 1. The lowest BCUT2D eigenvalue weighted by Gasteiger charge is -2.30. The van der Waals surface area contributed by atoms with Crippen molar-refractivity contribution in [1.29, 1.82) is 0 Å². The van der Waals surface area contributed by atoms with Crippen LogP contribution >= 0.6 is 0 Å². The number of hydrogen-bond acceptors (Lipinski definition) is 5. The maximum Gasteiger partial charge on any atom is 0.261 e. The van der Waals surface area contributed by atoms with Crippen LogP contribution in [-0.2, 0) is 16.1 Å². The molecule has 0 radical (unpaired) electrons. The first-order valence-corrected chi connectivity index (χ1v) is 10.9. The van der Waals surface area contributed by atoms with Crippen LogP contribution in [0.4, 0.5) is 4.39 Å². The third kappa shape index (κ3) is 7.97. The molecule has 2 aromatic rings. The van der Waals surface area contributed by atoms with Crippen molar-refractivity contribution < 1.29 is 28.2 Å². The van der Waals surface area contributed by atoms with E-state index in [1.807, 2.05) is 20.8 Å². The van der Waals surface area contributed by atoms with Gasteiger partial charge in [0.05, 0.1) is 14.2 Å². The number of carbonyl (C=O) groups excluding carboxylic acids is 2. The zero-order valence-electron chi connectivity index (χ0n) is 19.9. The molecule has 33 heavy (non-hydrogen) atoms. The maximum atomic E-state index is 13.4. The second-order valence-electron chi connectivity index (χ2n) is 8.05. The Hall–Kier alpha value is -3.29. The van der Waals surface area contributed by atoms with E-state index in [4.69, 9.17) is 14.2 Å². The van der Waals surface area contributed by atoms with Gasteiger partial charge in [0.25, 0.3) is 5.91 Å². The molecule has 8 heteroatoms. The van der Waals surface area contributed by atoms with Gasteiger partial charge in [-0.3, -0.25) is 9.59 Å². The van der Waals surface area contributed by atoms with Crippen LogP contribution in [0.25, 0.3) is 0 Å². The Morgan fingerprint density at radius 3 is 2.09 bits per heavy atom. The summed E-state index contributed by atoms with van der Waals surface area (Å²) in [5.74, 6) is 0.766. The predicted molar refractivity (Wildman–Crippen MR) is 124 cm³/mol. The van der Waals surface area contributed by atoms with Crippen molar-refractivity contribution in [3.63, 3.8) is 0 Å². The number of carbonyl (C=O) groups is 2. The van der Waals surface area contributed by atoms with E-state index in [2.05, 4.69) is 5.32 Å². The van der Waals surface area contributed by atoms with Crippen molar-refractivity contribution in [2.24, 2.45) is 5.92 Å². The minimum absolute atomic E-state index is 0.150. The summed E-state index contributed by atoms with van der Waals surface area (Å²) in [5.41, 5.74) is 0.711. The molecule has 0 aliphatic rings. The van der Waals surface area contributed by atoms with Crippen LogP contribution in [0, 0.1) is 11.7 Å². The van der Waals surface area contributed by atoms with Crippen LogP contribution in [0.3, 0.4) is 0 Å². The molecule has 1 N–H and O–H groups in total. The van der Waals surface area contributed by atoms with E-state index in [9.17, 15) is 14.0 Å². The van der Waals surface area contributed by atoms with E-state index in [1.165, 1.54) is 31.3 Å². The van der Waals surface area contributed by atoms with Crippen LogP contribution < -0.4 is 19.5 Å². The normalized spacial score (nSPS) is 11.6. The summed E-state index contributed by atoms with van der Waals surface area (Å²) >= 11 is 0. The average Bonchev–Trinajstić information content (AvgIpc) is 2.81. The topological polar surface area (TPSA) is 77.1 Å². The van der Waals surface area contributed by atoms with E-state index in [1.54, 1.807) is 30.3 Å². The van der Waals surface area contributed by atoms with Gasteiger partial charge in [-0.1, -0.05) is 32.9 Å². The summed E-state index contributed by atoms with van der Waals surface area (Å²) in [4.78, 5) is 27.6. The Labute approximate surface area is 194 Å². The Balaban J connectivity index is 2.22. The van der Waals surface area contributed by atoms with Gasteiger partial charge in [-0.15, -0.1) is 0 Å². The molecule has 180 valence electrons. The van der Waals surface area contributed by atoms with Gasteiger partial charge in [0.15, 0.2) is 6.61 Å². The first-order valence-electron chi connectivity index (χ1n) is 10.9. The number of halogens is 1. The Morgan fingerprint density at radius 1 is 1.00 bits per heavy atom. The number of ether oxygens (including phenoxy) is 3. The van der Waals surface area contributed by atoms with Gasteiger partial charge >= 0.3 is 0 Å². The molecule has 0 spiro atoms. The van der Waals surface area contributed by atoms with Crippen molar-refractivity contribution in [3.05, 3.63) is 53.8 Å². The first kappa shape index (κ1) is 26.0. The SMILES string of the molecule is CCC(C(=O)NCC(C)C)N(Cc1ccc(F)cc1)C(=O)COc1cc(OC)cc(OC)c1. The van der Waals surface area contributed by atoms with E-state index in [-0.39, 0.29) is 36.7 Å². The number of rotatable bonds is 12. The molecule has 0 fully saturated rings. The van der Waals surface area contributed by atoms with Crippen molar-refractivity contribution in [1.82, 2.24) is 10.2 Å². The van der Waals surface area contributed by atoms with Gasteiger partial charge in [0.1, 0.15) is 29.1 Å². The molecule has 0 heterocycles. The number of hydrogen-bond donors (Lipinski definition) is 1. The van der Waals surface area contributed by atoms with E-state index in [0.29, 0.717) is 35.8 Å². The van der Waals surface area contributed by atoms with Gasteiger partial charge in [-0.05, 0) is 30.0 Å². The van der Waals surface area contributed by atoms with Gasteiger partial charge in [-0.2, -0.15) is 0 Å². The quantitative estimate of drug-likeness (QED) is 0.521. The smallest absolute Gasteiger partial charge is 0.261 e. The van der Waals surface area contributed by atoms with Crippen LogP contribution in [0.2, 0.25) is 0 Å². The third-order valence-electron chi connectivity index (χ3n) is 5.02. The highest BCUT2D eigenvalue weighted by atomic mass is 19.1. The van der Waals surface area contributed by atoms with Gasteiger partial charge in [0, 0.05) is 31.3 Å². The van der Waals surface area contributed by atoms with E-state index < -0.39 is 6.04 Å². The van der Waals surface area contributed by atoms with Crippen molar-refractivity contribution in [3.8, 4) is 17.2 Å². The fourth-order valence-electron chi connectivity index (χ4n) is 3.22. The highest BCUT2D eigenvalue weighted by molar-refractivity contribution is 5.88. The zero-order chi connectivity index (χ0) is 24.4. The molecule has 0 aliphatic heterocycles.